The maximum Gasteiger partial charge on any atom is 0.196 e. The number of nitrogen functional groups attached to an aromatic ring is 1. The van der Waals surface area contributed by atoms with E-state index in [9.17, 15) is 9.59 Å². The van der Waals surface area contributed by atoms with Crippen molar-refractivity contribution in [3.8, 4) is 0 Å². The van der Waals surface area contributed by atoms with Gasteiger partial charge in [-0.25, -0.2) is 0 Å². The number of aryl methyl sites for hydroxylation is 1. The molecule has 0 bridgehead atoms. The molecule has 4 rings (SSSR count). The molecular formula is C22H18N2O2. The first-order valence-electron chi connectivity index (χ1n) is 8.42. The first-order valence-corrected chi connectivity index (χ1v) is 8.42. The molecule has 0 fully saturated rings. The molecule has 0 amide bonds. The fourth-order valence-electron chi connectivity index (χ4n) is 3.36. The van der Waals surface area contributed by atoms with Crippen molar-refractivity contribution in [2.45, 2.75) is 13.8 Å². The van der Waals surface area contributed by atoms with Gasteiger partial charge in [0, 0.05) is 28.1 Å². The number of ketones is 2. The van der Waals surface area contributed by atoms with Gasteiger partial charge < -0.3 is 11.1 Å². The normalized spacial score (nSPS) is 12.5. The molecule has 0 saturated heterocycles. The number of hydrogen-bond acceptors (Lipinski definition) is 4. The van der Waals surface area contributed by atoms with Crippen molar-refractivity contribution < 1.29 is 9.59 Å². The Hall–Kier alpha value is -3.40. The Morgan fingerprint density at radius 3 is 2.00 bits per heavy atom. The van der Waals surface area contributed by atoms with Crippen LogP contribution in [0.3, 0.4) is 0 Å². The zero-order valence-electron chi connectivity index (χ0n) is 14.6. The molecule has 0 unspecified atom stereocenters. The minimum absolute atomic E-state index is 0.159. The van der Waals surface area contributed by atoms with Gasteiger partial charge in [-0.1, -0.05) is 42.0 Å². The van der Waals surface area contributed by atoms with E-state index in [0.29, 0.717) is 39.2 Å². The van der Waals surface area contributed by atoms with Crippen molar-refractivity contribution >= 4 is 28.6 Å². The molecule has 3 aromatic rings. The van der Waals surface area contributed by atoms with E-state index in [2.05, 4.69) is 5.32 Å². The average Bonchev–Trinajstić information content (AvgIpc) is 2.64. The lowest BCUT2D eigenvalue weighted by Crippen LogP contribution is -2.24. The molecule has 0 heterocycles. The topological polar surface area (TPSA) is 72.2 Å². The Morgan fingerprint density at radius 2 is 1.38 bits per heavy atom. The third-order valence-electron chi connectivity index (χ3n) is 4.83. The van der Waals surface area contributed by atoms with Crippen LogP contribution >= 0.6 is 0 Å². The Labute approximate surface area is 151 Å². The van der Waals surface area contributed by atoms with Crippen LogP contribution in [0.5, 0.6) is 0 Å². The van der Waals surface area contributed by atoms with E-state index >= 15 is 0 Å². The van der Waals surface area contributed by atoms with Gasteiger partial charge in [-0.3, -0.25) is 9.59 Å². The van der Waals surface area contributed by atoms with E-state index < -0.39 is 0 Å². The minimum Gasteiger partial charge on any atom is -0.398 e. The SMILES string of the molecule is Cc1ccc(Nc2cc(N)c(C)c3c2C(=O)c2ccccc2C3=O)cc1. The van der Waals surface area contributed by atoms with E-state index in [-0.39, 0.29) is 11.6 Å². The number of nitrogens with two attached hydrogens (primary N) is 1. The van der Waals surface area contributed by atoms with Crippen LogP contribution in [0.1, 0.15) is 43.0 Å². The largest absolute Gasteiger partial charge is 0.398 e. The molecule has 0 saturated carbocycles. The molecule has 4 nitrogen and oxygen atoms in total. The van der Waals surface area contributed by atoms with Crippen LogP contribution in [0.4, 0.5) is 17.1 Å². The van der Waals surface area contributed by atoms with Crippen molar-refractivity contribution in [3.63, 3.8) is 0 Å². The smallest absolute Gasteiger partial charge is 0.196 e. The summed E-state index contributed by atoms with van der Waals surface area (Å²) in [4.78, 5) is 26.2. The van der Waals surface area contributed by atoms with Gasteiger partial charge >= 0.3 is 0 Å². The van der Waals surface area contributed by atoms with Crippen molar-refractivity contribution in [3.05, 3.63) is 88.0 Å². The summed E-state index contributed by atoms with van der Waals surface area (Å²) in [6, 6.07) is 16.5. The quantitative estimate of drug-likeness (QED) is 0.530. The highest BCUT2D eigenvalue weighted by Gasteiger charge is 2.33. The fraction of sp³-hybridized carbons (Fsp3) is 0.0909. The van der Waals surface area contributed by atoms with Crippen molar-refractivity contribution in [2.75, 3.05) is 11.1 Å². The molecule has 0 aromatic heterocycles. The average molecular weight is 342 g/mol. The van der Waals surface area contributed by atoms with E-state index in [4.69, 9.17) is 5.73 Å². The number of hydrogen-bond donors (Lipinski definition) is 2. The molecule has 0 atom stereocenters. The van der Waals surface area contributed by atoms with E-state index in [0.717, 1.165) is 11.3 Å². The lowest BCUT2D eigenvalue weighted by atomic mass is 9.80. The summed E-state index contributed by atoms with van der Waals surface area (Å²) in [7, 11) is 0. The second-order valence-electron chi connectivity index (χ2n) is 6.58. The van der Waals surface area contributed by atoms with Gasteiger partial charge in [0.05, 0.1) is 11.3 Å². The molecule has 3 aromatic carbocycles. The van der Waals surface area contributed by atoms with Crippen LogP contribution in [0.15, 0.2) is 54.6 Å². The second-order valence-corrected chi connectivity index (χ2v) is 6.58. The van der Waals surface area contributed by atoms with Gasteiger partial charge in [0.15, 0.2) is 11.6 Å². The van der Waals surface area contributed by atoms with E-state index in [1.807, 2.05) is 31.2 Å². The van der Waals surface area contributed by atoms with Gasteiger partial charge in [-0.05, 0) is 37.6 Å². The van der Waals surface area contributed by atoms with Crippen LogP contribution in [0.2, 0.25) is 0 Å². The third-order valence-corrected chi connectivity index (χ3v) is 4.83. The second kappa shape index (κ2) is 5.85. The van der Waals surface area contributed by atoms with Crippen LogP contribution < -0.4 is 11.1 Å². The Morgan fingerprint density at radius 1 is 0.808 bits per heavy atom. The molecule has 128 valence electrons. The molecule has 4 heteroatoms. The first-order chi connectivity index (χ1) is 12.5. The molecule has 1 aliphatic carbocycles. The highest BCUT2D eigenvalue weighted by atomic mass is 16.1. The van der Waals surface area contributed by atoms with E-state index in [1.165, 1.54) is 0 Å². The van der Waals surface area contributed by atoms with Crippen LogP contribution in [0, 0.1) is 13.8 Å². The summed E-state index contributed by atoms with van der Waals surface area (Å²) in [6.07, 6.45) is 0. The number of anilines is 3. The van der Waals surface area contributed by atoms with Crippen LogP contribution in [-0.2, 0) is 0 Å². The van der Waals surface area contributed by atoms with Gasteiger partial charge in [-0.2, -0.15) is 0 Å². The van der Waals surface area contributed by atoms with Crippen molar-refractivity contribution in [1.82, 2.24) is 0 Å². The lowest BCUT2D eigenvalue weighted by molar-refractivity contribution is 0.0979. The number of nitrogens with one attached hydrogen (secondary N) is 1. The Bertz CT molecular complexity index is 1070. The van der Waals surface area contributed by atoms with Crippen molar-refractivity contribution in [1.29, 1.82) is 0 Å². The number of carbonyl (C=O) groups excluding carboxylic acids is 2. The van der Waals surface area contributed by atoms with Crippen LogP contribution in [0.25, 0.3) is 0 Å². The number of fused-ring (bicyclic) bond motifs is 2. The van der Waals surface area contributed by atoms with Gasteiger partial charge in [-0.15, -0.1) is 0 Å². The minimum atomic E-state index is -0.160. The van der Waals surface area contributed by atoms with E-state index in [1.54, 1.807) is 37.3 Å². The molecule has 0 spiro atoms. The van der Waals surface area contributed by atoms with Gasteiger partial charge in [0.1, 0.15) is 0 Å². The van der Waals surface area contributed by atoms with Gasteiger partial charge in [0.2, 0.25) is 0 Å². The predicted octanol–water partition coefficient (Wildman–Crippen LogP) is 4.40. The predicted molar refractivity (Wildman–Crippen MR) is 103 cm³/mol. The number of carbonyl (C=O) groups is 2. The first kappa shape index (κ1) is 16.1. The number of rotatable bonds is 2. The summed E-state index contributed by atoms with van der Waals surface area (Å²) < 4.78 is 0. The van der Waals surface area contributed by atoms with Crippen LogP contribution in [-0.4, -0.2) is 11.6 Å². The zero-order chi connectivity index (χ0) is 18.4. The highest BCUT2D eigenvalue weighted by Crippen LogP contribution is 2.37. The summed E-state index contributed by atoms with van der Waals surface area (Å²) >= 11 is 0. The third kappa shape index (κ3) is 2.39. The summed E-state index contributed by atoms with van der Waals surface area (Å²) in [6.45, 7) is 3.79. The fourth-order valence-corrected chi connectivity index (χ4v) is 3.36. The number of benzene rings is 3. The molecule has 0 radical (unpaired) electrons. The molecule has 0 aliphatic heterocycles. The van der Waals surface area contributed by atoms with Crippen molar-refractivity contribution in [2.24, 2.45) is 0 Å². The standard InChI is InChI=1S/C22H18N2O2/c1-12-7-9-14(10-8-12)24-18-11-17(23)13(2)19-20(18)22(26)16-6-4-3-5-15(16)21(19)25/h3-11,24H,23H2,1-2H3. The lowest BCUT2D eigenvalue weighted by Gasteiger charge is -2.23. The monoisotopic (exact) mass is 342 g/mol. The molecule has 1 aliphatic rings. The molecule has 26 heavy (non-hydrogen) atoms. The zero-order valence-corrected chi connectivity index (χ0v) is 14.6. The molecular weight excluding hydrogens is 324 g/mol. The molecule has 3 N–H and O–H groups in total. The summed E-state index contributed by atoms with van der Waals surface area (Å²) in [5, 5.41) is 3.26. The Kier molecular flexibility index (Phi) is 3.62. The van der Waals surface area contributed by atoms with Gasteiger partial charge in [0.25, 0.3) is 0 Å². The summed E-state index contributed by atoms with van der Waals surface area (Å²) in [5.41, 5.74) is 11.4. The maximum absolute atomic E-state index is 13.1. The Balaban J connectivity index is 1.93. The highest BCUT2D eigenvalue weighted by molar-refractivity contribution is 6.31. The summed E-state index contributed by atoms with van der Waals surface area (Å²) in [5.74, 6) is -0.320. The maximum atomic E-state index is 13.1.